The third-order valence-corrected chi connectivity index (χ3v) is 22.4. The lowest BCUT2D eigenvalue weighted by molar-refractivity contribution is -0.0372. The molecule has 0 radical (unpaired) electrons. The lowest BCUT2D eigenvalue weighted by atomic mass is 9.63. The van der Waals surface area contributed by atoms with Gasteiger partial charge in [-0.05, 0) is 167 Å². The van der Waals surface area contributed by atoms with Gasteiger partial charge in [-0.15, -0.1) is 9.44 Å². The number of hydrogen-bond donors (Lipinski definition) is 2. The predicted octanol–water partition coefficient (Wildman–Crippen LogP) is 11.1. The number of benzene rings is 3. The van der Waals surface area contributed by atoms with Crippen molar-refractivity contribution < 1.29 is 18.6 Å². The van der Waals surface area contributed by atoms with Crippen LogP contribution in [0.3, 0.4) is 0 Å². The van der Waals surface area contributed by atoms with E-state index < -0.39 is 27.5 Å². The number of piperidine rings is 2. The third kappa shape index (κ3) is 10.8. The Bertz CT molecular complexity index is 3500. The fraction of sp³-hybridized carbons (Fsp3) is 0.524. The lowest BCUT2D eigenvalue weighted by Gasteiger charge is -2.48. The Hall–Kier alpha value is -4.89. The first-order valence-corrected chi connectivity index (χ1v) is 33.2. The van der Waals surface area contributed by atoms with Crippen molar-refractivity contribution in [2.75, 3.05) is 54.9 Å². The maximum Gasteiger partial charge on any atom is 0.182 e. The number of rotatable bonds is 12. The van der Waals surface area contributed by atoms with Gasteiger partial charge in [-0.3, -0.25) is 0 Å². The maximum atomic E-state index is 15.1. The van der Waals surface area contributed by atoms with E-state index in [0.29, 0.717) is 29.2 Å². The highest BCUT2D eigenvalue weighted by Crippen LogP contribution is 2.63. The molecule has 2 spiro atoms. The van der Waals surface area contributed by atoms with E-state index in [9.17, 15) is 4.55 Å². The van der Waals surface area contributed by atoms with Crippen LogP contribution in [-0.4, -0.2) is 98.5 Å². The minimum atomic E-state index is -1.36. The number of halogens is 1. The molecule has 4 fully saturated rings. The zero-order chi connectivity index (χ0) is 56.4. The highest BCUT2D eigenvalue weighted by atomic mass is 127. The molecule has 2 aliphatic carbocycles. The molecule has 4 saturated heterocycles. The Morgan fingerprint density at radius 3 is 1.90 bits per heavy atom. The Balaban J connectivity index is 0.738. The van der Waals surface area contributed by atoms with Gasteiger partial charge in [0, 0.05) is 83.9 Å². The molecule has 4 aliphatic heterocycles. The van der Waals surface area contributed by atoms with Crippen LogP contribution in [-0.2, 0) is 38.6 Å². The van der Waals surface area contributed by atoms with Crippen molar-refractivity contribution in [2.24, 2.45) is 16.2 Å². The van der Waals surface area contributed by atoms with Crippen LogP contribution in [0.15, 0.2) is 91.3 Å². The largest absolute Gasteiger partial charge is 0.598 e. The molecule has 8 heterocycles. The van der Waals surface area contributed by atoms with Gasteiger partial charge in [0.1, 0.15) is 33.2 Å². The minimum absolute atomic E-state index is 0.0740. The second-order valence-corrected chi connectivity index (χ2v) is 29.8. The SMILES string of the molecule is CC(C)(CC1c2ccccc2[C@@H](N[S@+]([O-])C(C)(C)C)C12CCN(c1cnc3c(I)nn(C4CCCCO4)c3n1)CC2)C[S+]([O-])N[C@@H]1c2ccccc2CC12CCN(c1cnc3c(C#Cc4ccccc4)nn(C4CCCCO4)c3n1)CC2. The summed E-state index contributed by atoms with van der Waals surface area (Å²) in [6, 6.07) is 27.4. The molecule has 0 saturated carbocycles. The summed E-state index contributed by atoms with van der Waals surface area (Å²) in [4.78, 5) is 25.2. The van der Waals surface area contributed by atoms with Crippen molar-refractivity contribution in [1.82, 2.24) is 48.9 Å². The summed E-state index contributed by atoms with van der Waals surface area (Å²) in [7, 11) is 0. The molecule has 16 nitrogen and oxygen atoms in total. The second kappa shape index (κ2) is 22.8. The standard InChI is InChI=1S/C63H75IN12O4S2/c1-60(2,3)82(78)72-56-46-22-12-11-21-45(46)47(63(56)29-33-74(34-30-63)50-40-66-54-57(64)70-76(59(54)68-50)52-24-14-16-36-80-52)38-61(4,5)41-81(77)71-55-44-20-10-9-19-43(44)37-62(55)27-31-73(32-28-62)49-39-65-53-48(26-25-42-17-7-6-8-18-42)69-75(58(53)67-49)51-23-13-15-35-79-51/h6-12,17-22,39-40,47,51-52,55-56,71-72H,13-16,23-24,27-38,41H2,1-5H3/t47?,51?,52?,55-,56-,81?,82-/m1/s1. The number of nitrogens with zero attached hydrogens (tertiary/aromatic N) is 10. The number of hydrogen-bond acceptors (Lipinski definition) is 14. The van der Waals surface area contributed by atoms with E-state index in [0.717, 1.165) is 142 Å². The Kier molecular flexibility index (Phi) is 15.7. The highest BCUT2D eigenvalue weighted by Gasteiger charge is 2.58. The lowest BCUT2D eigenvalue weighted by Crippen LogP contribution is -2.51. The molecule has 19 heteroatoms. The van der Waals surface area contributed by atoms with E-state index in [1.165, 1.54) is 22.3 Å². The molecular formula is C63H75IN12O4S2. The van der Waals surface area contributed by atoms with Crippen LogP contribution < -0.4 is 19.2 Å². The van der Waals surface area contributed by atoms with Crippen molar-refractivity contribution in [3.63, 3.8) is 0 Å². The fourth-order valence-electron chi connectivity index (χ4n) is 14.3. The van der Waals surface area contributed by atoms with Crippen LogP contribution in [0.4, 0.5) is 11.6 Å². The molecular weight excluding hydrogens is 1180 g/mol. The number of nitrogens with one attached hydrogen (secondary N) is 2. The van der Waals surface area contributed by atoms with Gasteiger partial charge in [-0.2, -0.15) is 10.2 Å². The van der Waals surface area contributed by atoms with Gasteiger partial charge in [0.05, 0.1) is 24.5 Å². The van der Waals surface area contributed by atoms with E-state index in [-0.39, 0.29) is 46.7 Å². The van der Waals surface area contributed by atoms with Gasteiger partial charge in [-0.25, -0.2) is 29.3 Å². The van der Waals surface area contributed by atoms with E-state index in [2.05, 4.69) is 116 Å². The Morgan fingerprint density at radius 2 is 1.26 bits per heavy atom. The number of aromatic nitrogens is 8. The first kappa shape index (κ1) is 56.3. The summed E-state index contributed by atoms with van der Waals surface area (Å²) in [5.41, 5.74) is 8.86. The molecule has 4 unspecified atom stereocenters. The molecule has 7 atom stereocenters. The number of fused-ring (bicyclic) bond motifs is 4. The molecule has 3 aromatic carbocycles. The van der Waals surface area contributed by atoms with Crippen LogP contribution >= 0.6 is 22.6 Å². The van der Waals surface area contributed by atoms with Gasteiger partial charge in [0.25, 0.3) is 0 Å². The van der Waals surface area contributed by atoms with Crippen molar-refractivity contribution in [1.29, 1.82) is 0 Å². The molecule has 2 N–H and O–H groups in total. The quantitative estimate of drug-likeness (QED) is 0.0669. The monoisotopic (exact) mass is 1250 g/mol. The predicted molar refractivity (Wildman–Crippen MR) is 332 cm³/mol. The minimum Gasteiger partial charge on any atom is -0.598 e. The van der Waals surface area contributed by atoms with Crippen LogP contribution in [0.1, 0.15) is 169 Å². The smallest absolute Gasteiger partial charge is 0.182 e. The summed E-state index contributed by atoms with van der Waals surface area (Å²) >= 11 is -0.417. The van der Waals surface area contributed by atoms with Crippen LogP contribution in [0.2, 0.25) is 0 Å². The third-order valence-electron chi connectivity index (χ3n) is 18.6. The van der Waals surface area contributed by atoms with Crippen molar-refractivity contribution >= 4 is 79.3 Å². The first-order valence-electron chi connectivity index (χ1n) is 29.6. The van der Waals surface area contributed by atoms with E-state index >= 15 is 4.55 Å². The molecule has 6 aliphatic rings. The average molecular weight is 1260 g/mol. The van der Waals surface area contributed by atoms with Crippen LogP contribution in [0.5, 0.6) is 0 Å². The van der Waals surface area contributed by atoms with Gasteiger partial charge >= 0.3 is 0 Å². The normalized spacial score (nSPS) is 24.2. The number of ether oxygens (including phenoxy) is 2. The van der Waals surface area contributed by atoms with Gasteiger partial charge < -0.3 is 28.4 Å². The maximum absolute atomic E-state index is 15.1. The molecule has 82 heavy (non-hydrogen) atoms. The summed E-state index contributed by atoms with van der Waals surface area (Å²) in [5.74, 6) is 8.85. The van der Waals surface area contributed by atoms with E-state index in [1.807, 2.05) is 72.9 Å². The zero-order valence-corrected chi connectivity index (χ0v) is 51.6. The first-order chi connectivity index (χ1) is 39.7. The topological polar surface area (TPSA) is 182 Å². The molecule has 7 aromatic rings. The molecule has 430 valence electrons. The Morgan fingerprint density at radius 1 is 0.671 bits per heavy atom. The zero-order valence-electron chi connectivity index (χ0n) is 47.8. The van der Waals surface area contributed by atoms with Crippen LogP contribution in [0, 0.1) is 31.8 Å². The molecule has 13 rings (SSSR count). The second-order valence-electron chi connectivity index (χ2n) is 25.6. The van der Waals surface area contributed by atoms with E-state index in [1.54, 1.807) is 0 Å². The summed E-state index contributed by atoms with van der Waals surface area (Å²) in [6.07, 6.45) is 14.7. The van der Waals surface area contributed by atoms with Crippen molar-refractivity contribution in [3.8, 4) is 11.8 Å². The summed E-state index contributed by atoms with van der Waals surface area (Å²) in [6.45, 7) is 15.2. The van der Waals surface area contributed by atoms with Gasteiger partial charge in [0.15, 0.2) is 33.1 Å². The average Bonchev–Trinajstić information content (AvgIpc) is 4.40. The molecule has 0 bridgehead atoms. The summed E-state index contributed by atoms with van der Waals surface area (Å²) in [5, 5.41) is 9.85. The molecule has 4 aromatic heterocycles. The highest BCUT2D eigenvalue weighted by molar-refractivity contribution is 14.1. The fourth-order valence-corrected chi connectivity index (χ4v) is 17.4. The van der Waals surface area contributed by atoms with Crippen molar-refractivity contribution in [3.05, 3.63) is 128 Å². The van der Waals surface area contributed by atoms with Crippen molar-refractivity contribution in [2.45, 2.75) is 147 Å². The Labute approximate surface area is 501 Å². The van der Waals surface area contributed by atoms with Gasteiger partial charge in [-0.1, -0.05) is 86.5 Å². The van der Waals surface area contributed by atoms with Gasteiger partial charge in [0.2, 0.25) is 0 Å². The molecule has 0 amide bonds. The summed E-state index contributed by atoms with van der Waals surface area (Å²) < 4.78 is 53.7. The van der Waals surface area contributed by atoms with E-state index in [4.69, 9.17) is 39.6 Å². The number of anilines is 2. The van der Waals surface area contributed by atoms with Crippen LogP contribution in [0.25, 0.3) is 22.3 Å².